The fraction of sp³-hybridized carbons (Fsp3) is 0.467. The number of fused-ring (bicyclic) bond motifs is 1. The number of Topliss-reactive ketones (excluding diaryl/α,β-unsaturated/α-hetero) is 1. The van der Waals surface area contributed by atoms with Gasteiger partial charge in [-0.05, 0) is 39.7 Å². The third kappa shape index (κ3) is 2.45. The molecule has 1 aromatic carbocycles. The van der Waals surface area contributed by atoms with Crippen LogP contribution in [0.3, 0.4) is 0 Å². The number of carbonyl (C=O) groups is 2. The van der Waals surface area contributed by atoms with Crippen LogP contribution >= 0.6 is 0 Å². The molecule has 3 heteroatoms. The predicted molar refractivity (Wildman–Crippen MR) is 68.5 cm³/mol. The van der Waals surface area contributed by atoms with E-state index < -0.39 is 17.5 Å². The summed E-state index contributed by atoms with van der Waals surface area (Å²) in [5, 5.41) is 0. The number of aryl methyl sites for hydroxylation is 1. The molecule has 0 saturated heterocycles. The quantitative estimate of drug-likeness (QED) is 0.565. The van der Waals surface area contributed by atoms with Crippen LogP contribution in [0.4, 0.5) is 0 Å². The summed E-state index contributed by atoms with van der Waals surface area (Å²) in [6, 6.07) is 5.67. The van der Waals surface area contributed by atoms with E-state index in [9.17, 15) is 9.59 Å². The Bertz CT molecular complexity index is 509. The van der Waals surface area contributed by atoms with Crippen LogP contribution in [0.15, 0.2) is 18.2 Å². The van der Waals surface area contributed by atoms with Crippen LogP contribution in [0, 0.1) is 12.8 Å². The van der Waals surface area contributed by atoms with E-state index in [1.165, 1.54) is 0 Å². The molecule has 0 N–H and O–H groups in total. The van der Waals surface area contributed by atoms with Crippen molar-refractivity contribution >= 4 is 11.8 Å². The normalized spacial score (nSPS) is 18.7. The fourth-order valence-electron chi connectivity index (χ4n) is 2.20. The van der Waals surface area contributed by atoms with E-state index in [2.05, 4.69) is 0 Å². The Morgan fingerprint density at radius 3 is 2.61 bits per heavy atom. The number of hydrogen-bond acceptors (Lipinski definition) is 3. The molecule has 1 atom stereocenters. The first-order chi connectivity index (χ1) is 8.28. The number of ketones is 1. The van der Waals surface area contributed by atoms with Gasteiger partial charge < -0.3 is 4.74 Å². The fourth-order valence-corrected chi connectivity index (χ4v) is 2.20. The highest BCUT2D eigenvalue weighted by Crippen LogP contribution is 2.29. The van der Waals surface area contributed by atoms with E-state index >= 15 is 0 Å². The van der Waals surface area contributed by atoms with E-state index in [0.29, 0.717) is 12.0 Å². The molecule has 0 bridgehead atoms. The smallest absolute Gasteiger partial charge is 0.317 e. The van der Waals surface area contributed by atoms with Crippen molar-refractivity contribution in [3.63, 3.8) is 0 Å². The van der Waals surface area contributed by atoms with E-state index in [4.69, 9.17) is 4.74 Å². The van der Waals surface area contributed by atoms with Gasteiger partial charge in [0.15, 0.2) is 5.78 Å². The molecule has 0 aliphatic heterocycles. The van der Waals surface area contributed by atoms with E-state index in [1.54, 1.807) is 6.07 Å². The first-order valence-corrected chi connectivity index (χ1v) is 6.14. The molecule has 1 aromatic rings. The highest BCUT2D eigenvalue weighted by Gasteiger charge is 2.38. The summed E-state index contributed by atoms with van der Waals surface area (Å²) in [7, 11) is 0. The van der Waals surface area contributed by atoms with Gasteiger partial charge in [-0.25, -0.2) is 0 Å². The molecule has 2 rings (SSSR count). The molecule has 1 aliphatic rings. The Morgan fingerprint density at radius 2 is 2.00 bits per heavy atom. The molecule has 1 aliphatic carbocycles. The Balaban J connectivity index is 2.21. The van der Waals surface area contributed by atoms with Crippen LogP contribution < -0.4 is 0 Å². The molecule has 0 spiro atoms. The van der Waals surface area contributed by atoms with Gasteiger partial charge in [0, 0.05) is 5.56 Å². The van der Waals surface area contributed by atoms with Gasteiger partial charge in [-0.2, -0.15) is 0 Å². The van der Waals surface area contributed by atoms with Crippen molar-refractivity contribution in [3.05, 3.63) is 34.9 Å². The molecule has 3 nitrogen and oxygen atoms in total. The first kappa shape index (κ1) is 12.8. The Morgan fingerprint density at radius 1 is 1.33 bits per heavy atom. The Labute approximate surface area is 107 Å². The van der Waals surface area contributed by atoms with Crippen LogP contribution in [0.25, 0.3) is 0 Å². The number of benzene rings is 1. The number of carbonyl (C=O) groups excluding carboxylic acids is 2. The molecule has 0 radical (unpaired) electrons. The van der Waals surface area contributed by atoms with Crippen LogP contribution in [-0.2, 0) is 16.0 Å². The third-order valence-corrected chi connectivity index (χ3v) is 2.96. The van der Waals surface area contributed by atoms with Crippen molar-refractivity contribution in [1.29, 1.82) is 0 Å². The van der Waals surface area contributed by atoms with Gasteiger partial charge >= 0.3 is 5.97 Å². The Kier molecular flexibility index (Phi) is 3.01. The van der Waals surface area contributed by atoms with Crippen LogP contribution in [-0.4, -0.2) is 17.4 Å². The second-order valence-corrected chi connectivity index (χ2v) is 5.82. The average Bonchev–Trinajstić information content (AvgIpc) is 2.53. The number of rotatable bonds is 1. The van der Waals surface area contributed by atoms with Gasteiger partial charge in [-0.1, -0.05) is 23.8 Å². The van der Waals surface area contributed by atoms with E-state index in [0.717, 1.165) is 11.1 Å². The molecular weight excluding hydrogens is 228 g/mol. The summed E-state index contributed by atoms with van der Waals surface area (Å²) in [6.07, 6.45) is 0.463. The molecule has 0 saturated carbocycles. The number of hydrogen-bond donors (Lipinski definition) is 0. The molecular formula is C15H18O3. The van der Waals surface area contributed by atoms with Crippen molar-refractivity contribution < 1.29 is 14.3 Å². The lowest BCUT2D eigenvalue weighted by molar-refractivity contribution is -0.157. The third-order valence-electron chi connectivity index (χ3n) is 2.96. The maximum atomic E-state index is 12.1. The van der Waals surface area contributed by atoms with Crippen molar-refractivity contribution in [3.8, 4) is 0 Å². The van der Waals surface area contributed by atoms with Gasteiger partial charge in [0.1, 0.15) is 11.5 Å². The second-order valence-electron chi connectivity index (χ2n) is 5.82. The minimum atomic E-state index is -0.666. The van der Waals surface area contributed by atoms with Crippen LogP contribution in [0.2, 0.25) is 0 Å². The van der Waals surface area contributed by atoms with Gasteiger partial charge in [0.2, 0.25) is 0 Å². The average molecular weight is 246 g/mol. The van der Waals surface area contributed by atoms with Crippen molar-refractivity contribution in [2.45, 2.75) is 39.7 Å². The standard InChI is InChI=1S/C15H18O3/c1-9-5-6-11-10(7-9)8-12(13(11)16)14(17)18-15(2,3)4/h5-7,12H,8H2,1-4H3/t12-/m1/s1. The monoisotopic (exact) mass is 246 g/mol. The minimum Gasteiger partial charge on any atom is -0.459 e. The largest absolute Gasteiger partial charge is 0.459 e. The molecule has 0 unspecified atom stereocenters. The van der Waals surface area contributed by atoms with Gasteiger partial charge in [0.05, 0.1) is 0 Å². The van der Waals surface area contributed by atoms with Crippen LogP contribution in [0.5, 0.6) is 0 Å². The van der Waals surface area contributed by atoms with Gasteiger partial charge in [-0.15, -0.1) is 0 Å². The molecule has 18 heavy (non-hydrogen) atoms. The second kappa shape index (κ2) is 4.23. The minimum absolute atomic E-state index is 0.112. The lowest BCUT2D eigenvalue weighted by Gasteiger charge is -2.21. The topological polar surface area (TPSA) is 43.4 Å². The summed E-state index contributed by atoms with van der Waals surface area (Å²) in [5.41, 5.74) is 2.17. The number of esters is 1. The van der Waals surface area contributed by atoms with Crippen molar-refractivity contribution in [1.82, 2.24) is 0 Å². The predicted octanol–water partition coefficient (Wildman–Crippen LogP) is 2.69. The molecule has 0 heterocycles. The lowest BCUT2D eigenvalue weighted by Crippen LogP contribution is -2.31. The maximum absolute atomic E-state index is 12.1. The molecule has 0 fully saturated rings. The summed E-state index contributed by atoms with van der Waals surface area (Å²) in [4.78, 5) is 24.1. The summed E-state index contributed by atoms with van der Waals surface area (Å²) in [5.74, 6) is -1.19. The van der Waals surface area contributed by atoms with E-state index in [1.807, 2.05) is 39.8 Å². The summed E-state index contributed by atoms with van der Waals surface area (Å²) >= 11 is 0. The molecule has 0 aromatic heterocycles. The number of ether oxygens (including phenoxy) is 1. The highest BCUT2D eigenvalue weighted by atomic mass is 16.6. The zero-order valence-corrected chi connectivity index (χ0v) is 11.2. The summed E-state index contributed by atoms with van der Waals surface area (Å²) < 4.78 is 5.29. The zero-order valence-electron chi connectivity index (χ0n) is 11.2. The molecule has 0 amide bonds. The lowest BCUT2D eigenvalue weighted by atomic mass is 10.1. The van der Waals surface area contributed by atoms with Crippen molar-refractivity contribution in [2.24, 2.45) is 5.92 Å². The maximum Gasteiger partial charge on any atom is 0.317 e. The first-order valence-electron chi connectivity index (χ1n) is 6.14. The van der Waals surface area contributed by atoms with Crippen LogP contribution in [0.1, 0.15) is 42.3 Å². The summed E-state index contributed by atoms with van der Waals surface area (Å²) in [6.45, 7) is 7.40. The molecule has 96 valence electrons. The van der Waals surface area contributed by atoms with E-state index in [-0.39, 0.29) is 5.78 Å². The van der Waals surface area contributed by atoms with Gasteiger partial charge in [-0.3, -0.25) is 9.59 Å². The van der Waals surface area contributed by atoms with Gasteiger partial charge in [0.25, 0.3) is 0 Å². The zero-order chi connectivity index (χ0) is 13.5. The Hall–Kier alpha value is -1.64. The highest BCUT2D eigenvalue weighted by molar-refractivity contribution is 6.12. The van der Waals surface area contributed by atoms with Crippen molar-refractivity contribution in [2.75, 3.05) is 0 Å². The SMILES string of the molecule is Cc1ccc2c(c1)C[C@@H](C(=O)OC(C)(C)C)C2=O.